The largest absolute Gasteiger partial charge is 0.494 e. The molecule has 0 saturated heterocycles. The van der Waals surface area contributed by atoms with E-state index in [-0.39, 0.29) is 5.97 Å². The van der Waals surface area contributed by atoms with Crippen molar-refractivity contribution in [1.29, 1.82) is 0 Å². The molecular weight excluding hydrogens is 386 g/mol. The molecule has 1 unspecified atom stereocenters. The monoisotopic (exact) mass is 423 g/mol. The van der Waals surface area contributed by atoms with Gasteiger partial charge in [-0.3, -0.25) is 4.99 Å². The molecule has 2 aromatic rings. The van der Waals surface area contributed by atoms with Gasteiger partial charge in [-0.25, -0.2) is 4.79 Å². The molecule has 0 aromatic heterocycles. The standard InChI is InChI=1S/C27H37NO3/c1-4-6-7-8-9-10-19-30-26-17-11-23(12-18-26)20-28-25-15-13-24(14-16-25)27(29)31-21-22(3)5-2/h11-18,20,22H,4-10,19,21H2,1-3H3. The number of esters is 1. The predicted molar refractivity (Wildman–Crippen MR) is 129 cm³/mol. The first kappa shape index (κ1) is 24.6. The van der Waals surface area contributed by atoms with Crippen LogP contribution in [0.15, 0.2) is 53.5 Å². The van der Waals surface area contributed by atoms with E-state index in [1.54, 1.807) is 12.1 Å². The molecule has 0 bridgehead atoms. The van der Waals surface area contributed by atoms with E-state index in [4.69, 9.17) is 9.47 Å². The van der Waals surface area contributed by atoms with Crippen molar-refractivity contribution in [3.05, 3.63) is 59.7 Å². The van der Waals surface area contributed by atoms with Crippen molar-refractivity contribution >= 4 is 17.9 Å². The van der Waals surface area contributed by atoms with E-state index >= 15 is 0 Å². The highest BCUT2D eigenvalue weighted by atomic mass is 16.5. The molecule has 0 fully saturated rings. The molecule has 0 heterocycles. The number of benzene rings is 2. The van der Waals surface area contributed by atoms with Gasteiger partial charge in [0, 0.05) is 6.21 Å². The van der Waals surface area contributed by atoms with E-state index in [1.807, 2.05) is 42.6 Å². The molecule has 0 saturated carbocycles. The van der Waals surface area contributed by atoms with Gasteiger partial charge in [-0.1, -0.05) is 59.3 Å². The number of aliphatic imine (C=N–C) groups is 1. The molecular formula is C27H37NO3. The summed E-state index contributed by atoms with van der Waals surface area (Å²) in [7, 11) is 0. The van der Waals surface area contributed by atoms with Crippen LogP contribution in [0.3, 0.4) is 0 Å². The third-order valence-corrected chi connectivity index (χ3v) is 5.31. The van der Waals surface area contributed by atoms with E-state index in [2.05, 4.69) is 25.8 Å². The van der Waals surface area contributed by atoms with Crippen LogP contribution in [0, 0.1) is 5.92 Å². The summed E-state index contributed by atoms with van der Waals surface area (Å²) in [6.07, 6.45) is 10.4. The van der Waals surface area contributed by atoms with Crippen molar-refractivity contribution in [2.24, 2.45) is 10.9 Å². The Hall–Kier alpha value is -2.62. The lowest BCUT2D eigenvalue weighted by atomic mass is 10.1. The molecule has 168 valence electrons. The van der Waals surface area contributed by atoms with Crippen molar-refractivity contribution < 1.29 is 14.3 Å². The Balaban J connectivity index is 1.75. The Bertz CT molecular complexity index is 781. The smallest absolute Gasteiger partial charge is 0.338 e. The van der Waals surface area contributed by atoms with Gasteiger partial charge < -0.3 is 9.47 Å². The lowest BCUT2D eigenvalue weighted by molar-refractivity contribution is 0.0447. The first-order chi connectivity index (χ1) is 15.1. The fourth-order valence-corrected chi connectivity index (χ4v) is 2.97. The third kappa shape index (κ3) is 9.82. The van der Waals surface area contributed by atoms with Gasteiger partial charge in [0.2, 0.25) is 0 Å². The molecule has 4 nitrogen and oxygen atoms in total. The molecule has 0 radical (unpaired) electrons. The van der Waals surface area contributed by atoms with Crippen LogP contribution in [0.25, 0.3) is 0 Å². The highest BCUT2D eigenvalue weighted by Crippen LogP contribution is 2.16. The number of carbonyl (C=O) groups excluding carboxylic acids is 1. The van der Waals surface area contributed by atoms with Crippen LogP contribution < -0.4 is 4.74 Å². The number of carbonyl (C=O) groups is 1. The summed E-state index contributed by atoms with van der Waals surface area (Å²) in [5, 5.41) is 0. The third-order valence-electron chi connectivity index (χ3n) is 5.31. The molecule has 2 aromatic carbocycles. The van der Waals surface area contributed by atoms with Gasteiger partial charge in [0.25, 0.3) is 0 Å². The number of hydrogen-bond donors (Lipinski definition) is 0. The maximum Gasteiger partial charge on any atom is 0.338 e. The number of ether oxygens (including phenoxy) is 2. The minimum absolute atomic E-state index is 0.285. The molecule has 0 N–H and O–H groups in total. The summed E-state index contributed by atoms with van der Waals surface area (Å²) >= 11 is 0. The molecule has 0 amide bonds. The lowest BCUT2D eigenvalue weighted by Crippen LogP contribution is -2.11. The van der Waals surface area contributed by atoms with Gasteiger partial charge in [-0.2, -0.15) is 0 Å². The van der Waals surface area contributed by atoms with Crippen molar-refractivity contribution in [1.82, 2.24) is 0 Å². The molecule has 1 atom stereocenters. The zero-order valence-electron chi connectivity index (χ0n) is 19.3. The van der Waals surface area contributed by atoms with Gasteiger partial charge in [-0.15, -0.1) is 0 Å². The van der Waals surface area contributed by atoms with Crippen molar-refractivity contribution in [3.63, 3.8) is 0 Å². The normalized spacial score (nSPS) is 12.1. The van der Waals surface area contributed by atoms with E-state index < -0.39 is 0 Å². The SMILES string of the molecule is CCCCCCCCOc1ccc(C=Nc2ccc(C(=O)OCC(C)CC)cc2)cc1. The van der Waals surface area contributed by atoms with Crippen LogP contribution in [-0.4, -0.2) is 25.4 Å². The van der Waals surface area contributed by atoms with E-state index in [0.717, 1.165) is 36.4 Å². The Morgan fingerprint density at radius 3 is 2.29 bits per heavy atom. The van der Waals surface area contributed by atoms with Gasteiger partial charge in [-0.05, 0) is 66.4 Å². The van der Waals surface area contributed by atoms with Crippen molar-refractivity contribution in [2.45, 2.75) is 65.7 Å². The van der Waals surface area contributed by atoms with Gasteiger partial charge >= 0.3 is 5.97 Å². The van der Waals surface area contributed by atoms with Crippen LogP contribution in [0.2, 0.25) is 0 Å². The molecule has 0 aliphatic rings. The first-order valence-corrected chi connectivity index (χ1v) is 11.7. The minimum atomic E-state index is -0.285. The first-order valence-electron chi connectivity index (χ1n) is 11.7. The van der Waals surface area contributed by atoms with Gasteiger partial charge in [0.15, 0.2) is 0 Å². The zero-order chi connectivity index (χ0) is 22.3. The fourth-order valence-electron chi connectivity index (χ4n) is 2.97. The zero-order valence-corrected chi connectivity index (χ0v) is 19.3. The average molecular weight is 424 g/mol. The number of rotatable bonds is 14. The molecule has 2 rings (SSSR count). The lowest BCUT2D eigenvalue weighted by Gasteiger charge is -2.09. The van der Waals surface area contributed by atoms with E-state index in [1.165, 1.54) is 32.1 Å². The average Bonchev–Trinajstić information content (AvgIpc) is 2.81. The second kappa shape index (κ2) is 14.4. The molecule has 4 heteroatoms. The van der Waals surface area contributed by atoms with E-state index in [9.17, 15) is 4.79 Å². The Morgan fingerprint density at radius 2 is 1.61 bits per heavy atom. The highest BCUT2D eigenvalue weighted by Gasteiger charge is 2.08. The number of hydrogen-bond acceptors (Lipinski definition) is 4. The maximum absolute atomic E-state index is 12.1. The maximum atomic E-state index is 12.1. The Labute approximate surface area is 187 Å². The molecule has 0 spiro atoms. The predicted octanol–water partition coefficient (Wildman–Crippen LogP) is 7.38. The second-order valence-corrected chi connectivity index (χ2v) is 8.10. The van der Waals surface area contributed by atoms with Crippen LogP contribution in [0.1, 0.15) is 81.6 Å². The summed E-state index contributed by atoms with van der Waals surface area (Å²) in [6, 6.07) is 15.1. The van der Waals surface area contributed by atoms with Gasteiger partial charge in [0.1, 0.15) is 5.75 Å². The summed E-state index contributed by atoms with van der Waals surface area (Å²) in [6.45, 7) is 7.61. The van der Waals surface area contributed by atoms with Crippen LogP contribution >= 0.6 is 0 Å². The molecule has 31 heavy (non-hydrogen) atoms. The fraction of sp³-hybridized carbons (Fsp3) is 0.481. The van der Waals surface area contributed by atoms with Crippen LogP contribution in [0.4, 0.5) is 5.69 Å². The van der Waals surface area contributed by atoms with Crippen LogP contribution in [-0.2, 0) is 4.74 Å². The topological polar surface area (TPSA) is 47.9 Å². The Kier molecular flexibility index (Phi) is 11.4. The Morgan fingerprint density at radius 1 is 0.935 bits per heavy atom. The summed E-state index contributed by atoms with van der Waals surface area (Å²) in [4.78, 5) is 16.6. The highest BCUT2D eigenvalue weighted by molar-refractivity contribution is 5.90. The van der Waals surface area contributed by atoms with Gasteiger partial charge in [0.05, 0.1) is 24.5 Å². The van der Waals surface area contributed by atoms with Crippen molar-refractivity contribution in [3.8, 4) is 5.75 Å². The second-order valence-electron chi connectivity index (χ2n) is 8.10. The van der Waals surface area contributed by atoms with Crippen molar-refractivity contribution in [2.75, 3.05) is 13.2 Å². The summed E-state index contributed by atoms with van der Waals surface area (Å²) in [5.41, 5.74) is 2.35. The molecule has 0 aliphatic carbocycles. The quantitative estimate of drug-likeness (QED) is 0.181. The molecule has 0 aliphatic heterocycles. The van der Waals surface area contributed by atoms with E-state index in [0.29, 0.717) is 18.1 Å². The minimum Gasteiger partial charge on any atom is -0.494 e. The number of unbranched alkanes of at least 4 members (excludes halogenated alkanes) is 5. The summed E-state index contributed by atoms with van der Waals surface area (Å²) in [5.74, 6) is 0.985. The van der Waals surface area contributed by atoms with Crippen LogP contribution in [0.5, 0.6) is 5.75 Å². The summed E-state index contributed by atoms with van der Waals surface area (Å²) < 4.78 is 11.1. The number of nitrogens with zero attached hydrogens (tertiary/aromatic N) is 1.